The number of allylic oxidation sites excluding steroid dienone is 8. The van der Waals surface area contributed by atoms with Crippen molar-refractivity contribution in [2.24, 2.45) is 0 Å². The molecule has 0 saturated heterocycles. The second kappa shape index (κ2) is 39.1. The van der Waals surface area contributed by atoms with Gasteiger partial charge in [0.1, 0.15) is 6.61 Å². The van der Waals surface area contributed by atoms with Crippen molar-refractivity contribution < 1.29 is 38.2 Å². The first kappa shape index (κ1) is 53.3. The topological polar surface area (TPSA) is 99.1 Å². The fraction of sp³-hybridized carbons (Fsp3) is 0.771. The third-order valence-corrected chi connectivity index (χ3v) is 9.96. The lowest BCUT2D eigenvalue weighted by Gasteiger charge is -2.31. The SMILES string of the molecule is CC/C=C/C/C=C/C/C=C/CCCCCCC(=O)OC(COCCC(C(=O)O)[N+](C)(C)C)COC(=O)CCCCCCC/C=C/CCCCCCCCCCC. The van der Waals surface area contributed by atoms with Gasteiger partial charge in [-0.3, -0.25) is 9.59 Å². The van der Waals surface area contributed by atoms with Crippen LogP contribution in [-0.4, -0.2) is 80.6 Å². The molecular formula is C48H86NO7+. The van der Waals surface area contributed by atoms with Gasteiger partial charge in [0, 0.05) is 19.3 Å². The van der Waals surface area contributed by atoms with Crippen molar-refractivity contribution >= 4 is 17.9 Å². The van der Waals surface area contributed by atoms with Crippen LogP contribution in [0.15, 0.2) is 48.6 Å². The first-order chi connectivity index (χ1) is 27.1. The van der Waals surface area contributed by atoms with Crippen molar-refractivity contribution in [3.05, 3.63) is 48.6 Å². The number of carbonyl (C=O) groups excluding carboxylic acids is 2. The van der Waals surface area contributed by atoms with Gasteiger partial charge in [0.15, 0.2) is 12.1 Å². The van der Waals surface area contributed by atoms with Crippen molar-refractivity contribution in [2.45, 2.75) is 199 Å². The highest BCUT2D eigenvalue weighted by Crippen LogP contribution is 2.14. The van der Waals surface area contributed by atoms with Gasteiger partial charge < -0.3 is 23.8 Å². The van der Waals surface area contributed by atoms with E-state index >= 15 is 0 Å². The van der Waals surface area contributed by atoms with Crippen LogP contribution < -0.4 is 0 Å². The van der Waals surface area contributed by atoms with Gasteiger partial charge >= 0.3 is 17.9 Å². The van der Waals surface area contributed by atoms with Crippen LogP contribution in [0, 0.1) is 0 Å². The summed E-state index contributed by atoms with van der Waals surface area (Å²) in [4.78, 5) is 37.0. The summed E-state index contributed by atoms with van der Waals surface area (Å²) in [5, 5.41) is 9.62. The van der Waals surface area contributed by atoms with Gasteiger partial charge in [-0.2, -0.15) is 0 Å². The molecule has 0 bridgehead atoms. The Morgan fingerprint density at radius 3 is 1.50 bits per heavy atom. The lowest BCUT2D eigenvalue weighted by Crippen LogP contribution is -2.50. The van der Waals surface area contributed by atoms with E-state index in [0.29, 0.717) is 19.3 Å². The Kier molecular flexibility index (Phi) is 37.2. The summed E-state index contributed by atoms with van der Waals surface area (Å²) in [5.41, 5.74) is 0. The summed E-state index contributed by atoms with van der Waals surface area (Å²) < 4.78 is 17.3. The maximum absolute atomic E-state index is 12.7. The quantitative estimate of drug-likeness (QED) is 0.0286. The number of hydrogen-bond donors (Lipinski definition) is 1. The number of unbranched alkanes of at least 4 members (excludes halogenated alkanes) is 18. The first-order valence-corrected chi connectivity index (χ1v) is 22.7. The number of ether oxygens (including phenoxy) is 3. The van der Waals surface area contributed by atoms with E-state index in [9.17, 15) is 19.5 Å². The molecule has 56 heavy (non-hydrogen) atoms. The average Bonchev–Trinajstić information content (AvgIpc) is 3.15. The molecule has 0 aromatic carbocycles. The largest absolute Gasteiger partial charge is 0.477 e. The number of likely N-dealkylation sites (N-methyl/N-ethyl adjacent to an activating group) is 1. The highest BCUT2D eigenvalue weighted by atomic mass is 16.6. The van der Waals surface area contributed by atoms with Gasteiger partial charge in [-0.1, -0.05) is 146 Å². The fourth-order valence-corrected chi connectivity index (χ4v) is 6.45. The summed E-state index contributed by atoms with van der Waals surface area (Å²) >= 11 is 0. The van der Waals surface area contributed by atoms with Gasteiger partial charge in [0.25, 0.3) is 0 Å². The number of carboxylic acids is 1. The van der Waals surface area contributed by atoms with Gasteiger partial charge in [-0.05, 0) is 70.6 Å². The van der Waals surface area contributed by atoms with Crippen LogP contribution in [-0.2, 0) is 28.6 Å². The number of rotatable bonds is 40. The van der Waals surface area contributed by atoms with E-state index in [4.69, 9.17) is 14.2 Å². The van der Waals surface area contributed by atoms with E-state index in [1.165, 1.54) is 70.6 Å². The third kappa shape index (κ3) is 36.9. The maximum atomic E-state index is 12.7. The minimum Gasteiger partial charge on any atom is -0.477 e. The Morgan fingerprint density at radius 2 is 1.00 bits per heavy atom. The molecule has 0 radical (unpaired) electrons. The van der Waals surface area contributed by atoms with Gasteiger partial charge in [-0.25, -0.2) is 4.79 Å². The Labute approximate surface area is 344 Å². The standard InChI is InChI=1S/C48H85NO7/c1-6-8-10-12-14-16-18-20-22-23-24-25-27-28-30-32-34-36-38-46(50)55-43-44(42-54-41-40-45(48(52)53)49(3,4)5)56-47(51)39-37-35-33-31-29-26-21-19-17-15-13-11-9-7-2/h9,11,15,17,21,24-26,44-45H,6-8,10,12-14,16,18-20,22-23,27-43H2,1-5H3/p+1/b11-9+,17-15+,25-24+,26-21+. The number of carboxylic acid groups (broad SMARTS) is 1. The van der Waals surface area contributed by atoms with Gasteiger partial charge in [0.05, 0.1) is 34.4 Å². The summed E-state index contributed by atoms with van der Waals surface area (Å²) in [5.74, 6) is -1.51. The molecule has 2 unspecified atom stereocenters. The van der Waals surface area contributed by atoms with E-state index in [0.717, 1.165) is 83.5 Å². The van der Waals surface area contributed by atoms with Crippen LogP contribution in [0.2, 0.25) is 0 Å². The lowest BCUT2D eigenvalue weighted by atomic mass is 10.1. The normalized spacial score (nSPS) is 13.4. The van der Waals surface area contributed by atoms with Crippen molar-refractivity contribution in [1.82, 2.24) is 0 Å². The smallest absolute Gasteiger partial charge is 0.362 e. The molecule has 8 nitrogen and oxygen atoms in total. The Hall–Kier alpha value is -2.71. The third-order valence-electron chi connectivity index (χ3n) is 9.96. The Morgan fingerprint density at radius 1 is 0.554 bits per heavy atom. The maximum Gasteiger partial charge on any atom is 0.362 e. The molecule has 0 saturated carbocycles. The first-order valence-electron chi connectivity index (χ1n) is 22.7. The van der Waals surface area contributed by atoms with Crippen LogP contribution >= 0.6 is 0 Å². The number of esters is 2. The van der Waals surface area contributed by atoms with Crippen molar-refractivity contribution in [3.63, 3.8) is 0 Å². The van der Waals surface area contributed by atoms with Crippen LogP contribution in [0.4, 0.5) is 0 Å². The van der Waals surface area contributed by atoms with Crippen LogP contribution in [0.3, 0.4) is 0 Å². The van der Waals surface area contributed by atoms with Crippen molar-refractivity contribution in [1.29, 1.82) is 0 Å². The van der Waals surface area contributed by atoms with Crippen LogP contribution in [0.5, 0.6) is 0 Å². The summed E-state index contributed by atoms with van der Waals surface area (Å²) in [6.07, 6.45) is 45.8. The number of nitrogens with zero attached hydrogens (tertiary/aromatic N) is 1. The highest BCUT2D eigenvalue weighted by molar-refractivity contribution is 5.72. The van der Waals surface area contributed by atoms with Crippen molar-refractivity contribution in [2.75, 3.05) is 41.0 Å². The minimum atomic E-state index is -0.881. The fourth-order valence-electron chi connectivity index (χ4n) is 6.45. The molecule has 0 heterocycles. The van der Waals surface area contributed by atoms with E-state index in [1.807, 2.05) is 21.1 Å². The monoisotopic (exact) mass is 789 g/mol. The number of quaternary nitrogens is 1. The molecule has 0 aromatic heterocycles. The molecule has 1 N–H and O–H groups in total. The Balaban J connectivity index is 4.35. The van der Waals surface area contributed by atoms with Crippen LogP contribution in [0.25, 0.3) is 0 Å². The predicted octanol–water partition coefficient (Wildman–Crippen LogP) is 12.4. The van der Waals surface area contributed by atoms with E-state index in [-0.39, 0.29) is 36.2 Å². The number of carbonyl (C=O) groups is 3. The predicted molar refractivity (Wildman–Crippen MR) is 234 cm³/mol. The van der Waals surface area contributed by atoms with E-state index in [1.54, 1.807) is 0 Å². The number of hydrogen-bond acceptors (Lipinski definition) is 6. The lowest BCUT2D eigenvalue weighted by molar-refractivity contribution is -0.887. The van der Waals surface area contributed by atoms with Crippen molar-refractivity contribution in [3.8, 4) is 0 Å². The molecule has 8 heteroatoms. The molecule has 0 aliphatic heterocycles. The molecule has 2 atom stereocenters. The zero-order valence-electron chi connectivity index (χ0n) is 36.8. The van der Waals surface area contributed by atoms with Gasteiger partial charge in [-0.15, -0.1) is 0 Å². The van der Waals surface area contributed by atoms with Crippen LogP contribution in [0.1, 0.15) is 187 Å². The minimum absolute atomic E-state index is 0.0487. The Bertz CT molecular complexity index is 1060. The average molecular weight is 789 g/mol. The molecule has 0 aliphatic rings. The summed E-state index contributed by atoms with van der Waals surface area (Å²) in [6, 6.07) is -0.620. The molecule has 0 amide bonds. The molecule has 0 aliphatic carbocycles. The second-order valence-electron chi connectivity index (χ2n) is 16.3. The van der Waals surface area contributed by atoms with E-state index in [2.05, 4.69) is 62.5 Å². The highest BCUT2D eigenvalue weighted by Gasteiger charge is 2.31. The second-order valence-corrected chi connectivity index (χ2v) is 16.3. The molecule has 0 fully saturated rings. The summed E-state index contributed by atoms with van der Waals surface area (Å²) in [6.45, 7) is 4.59. The summed E-state index contributed by atoms with van der Waals surface area (Å²) in [7, 11) is 5.51. The van der Waals surface area contributed by atoms with Gasteiger partial charge in [0.2, 0.25) is 0 Å². The zero-order chi connectivity index (χ0) is 41.4. The molecule has 324 valence electrons. The molecule has 0 aromatic rings. The zero-order valence-corrected chi connectivity index (χ0v) is 36.8. The van der Waals surface area contributed by atoms with E-state index < -0.39 is 18.1 Å². The molecular weight excluding hydrogens is 703 g/mol. The molecule has 0 spiro atoms. The number of aliphatic carboxylic acids is 1. The molecule has 0 rings (SSSR count).